The largest absolute Gasteiger partial charge is 0.345 e. The van der Waals surface area contributed by atoms with Crippen LogP contribution in [-0.4, -0.2) is 30.9 Å². The average molecular weight is 327 g/mol. The fourth-order valence-corrected chi connectivity index (χ4v) is 2.52. The van der Waals surface area contributed by atoms with Gasteiger partial charge in [-0.1, -0.05) is 48.0 Å². The van der Waals surface area contributed by atoms with E-state index >= 15 is 0 Å². The lowest BCUT2D eigenvalue weighted by Gasteiger charge is -2.25. The second-order valence-corrected chi connectivity index (χ2v) is 6.04. The van der Waals surface area contributed by atoms with E-state index in [9.17, 15) is 4.79 Å². The third-order valence-electron chi connectivity index (χ3n) is 3.43. The Bertz CT molecular complexity index is 420. The summed E-state index contributed by atoms with van der Waals surface area (Å²) < 4.78 is 1.09. The van der Waals surface area contributed by atoms with Gasteiger partial charge in [0.2, 0.25) is 5.91 Å². The normalized spacial score (nSPS) is 12.5. The number of nitrogens with two attached hydrogens (primary N) is 1. The van der Waals surface area contributed by atoms with Gasteiger partial charge in [0.05, 0.1) is 5.92 Å². The Labute approximate surface area is 124 Å². The van der Waals surface area contributed by atoms with E-state index < -0.39 is 0 Å². The number of carbonyl (C=O) groups is 1. The second-order valence-electron chi connectivity index (χ2n) is 5.19. The van der Waals surface area contributed by atoms with Gasteiger partial charge in [0, 0.05) is 24.6 Å². The number of nitrogens with zero attached hydrogens (tertiary/aromatic N) is 1. The molecule has 19 heavy (non-hydrogen) atoms. The Kier molecular flexibility index (Phi) is 6.52. The van der Waals surface area contributed by atoms with Gasteiger partial charge >= 0.3 is 0 Å². The first-order valence-corrected chi connectivity index (χ1v) is 7.45. The average Bonchev–Trinajstić information content (AvgIpc) is 2.37. The van der Waals surface area contributed by atoms with E-state index in [1.165, 1.54) is 5.56 Å². The molecule has 4 heteroatoms. The molecule has 0 radical (unpaired) electrons. The van der Waals surface area contributed by atoms with E-state index in [1.807, 2.05) is 39.1 Å². The molecule has 0 heterocycles. The predicted molar refractivity (Wildman–Crippen MR) is 82.9 cm³/mol. The lowest BCUT2D eigenvalue weighted by Crippen LogP contribution is -2.40. The number of halogens is 1. The number of hydrogen-bond acceptors (Lipinski definition) is 2. The summed E-state index contributed by atoms with van der Waals surface area (Å²) >= 11 is 3.53. The van der Waals surface area contributed by atoms with Crippen LogP contribution in [0.4, 0.5) is 0 Å². The molecule has 2 N–H and O–H groups in total. The van der Waals surface area contributed by atoms with Crippen molar-refractivity contribution in [1.29, 1.82) is 0 Å². The highest BCUT2D eigenvalue weighted by atomic mass is 79.9. The van der Waals surface area contributed by atoms with E-state index in [0.29, 0.717) is 13.1 Å². The molecule has 1 aromatic carbocycles. The maximum atomic E-state index is 12.3. The Morgan fingerprint density at radius 3 is 2.53 bits per heavy atom. The van der Waals surface area contributed by atoms with Gasteiger partial charge in [-0.15, -0.1) is 0 Å². The van der Waals surface area contributed by atoms with Crippen molar-refractivity contribution in [2.75, 3.05) is 20.1 Å². The van der Waals surface area contributed by atoms with Crippen LogP contribution in [0.1, 0.15) is 19.4 Å². The molecule has 1 atom stereocenters. The van der Waals surface area contributed by atoms with Crippen LogP contribution in [0, 0.1) is 11.8 Å². The Balaban J connectivity index is 2.58. The zero-order chi connectivity index (χ0) is 14.4. The number of amides is 1. The van der Waals surface area contributed by atoms with Crippen LogP contribution in [-0.2, 0) is 11.2 Å². The van der Waals surface area contributed by atoms with Gasteiger partial charge in [0.15, 0.2) is 0 Å². The van der Waals surface area contributed by atoms with E-state index in [-0.39, 0.29) is 17.7 Å². The predicted octanol–water partition coefficient (Wildman–Crippen LogP) is 2.68. The highest BCUT2D eigenvalue weighted by molar-refractivity contribution is 9.10. The van der Waals surface area contributed by atoms with E-state index in [0.717, 1.165) is 10.9 Å². The zero-order valence-electron chi connectivity index (χ0n) is 11.9. The smallest absolute Gasteiger partial charge is 0.226 e. The second kappa shape index (κ2) is 7.65. The summed E-state index contributed by atoms with van der Waals surface area (Å²) in [6.45, 7) is 5.20. The van der Waals surface area contributed by atoms with Crippen molar-refractivity contribution in [1.82, 2.24) is 4.90 Å². The lowest BCUT2D eigenvalue weighted by atomic mass is 9.94. The monoisotopic (exact) mass is 326 g/mol. The maximum Gasteiger partial charge on any atom is 0.226 e. The molecule has 1 amide bonds. The van der Waals surface area contributed by atoms with Crippen LogP contribution in [0.2, 0.25) is 0 Å². The van der Waals surface area contributed by atoms with Gasteiger partial charge in [-0.2, -0.15) is 0 Å². The molecule has 0 saturated carbocycles. The Morgan fingerprint density at radius 2 is 2.00 bits per heavy atom. The van der Waals surface area contributed by atoms with E-state index in [2.05, 4.69) is 22.0 Å². The van der Waals surface area contributed by atoms with E-state index in [1.54, 1.807) is 4.90 Å². The third kappa shape index (κ3) is 4.62. The number of rotatable bonds is 6. The van der Waals surface area contributed by atoms with Crippen molar-refractivity contribution < 1.29 is 4.79 Å². The molecule has 3 nitrogen and oxygen atoms in total. The van der Waals surface area contributed by atoms with Crippen LogP contribution >= 0.6 is 15.9 Å². The van der Waals surface area contributed by atoms with Gasteiger partial charge < -0.3 is 10.6 Å². The lowest BCUT2D eigenvalue weighted by molar-refractivity contribution is -0.135. The van der Waals surface area contributed by atoms with Gasteiger partial charge in [-0.25, -0.2) is 0 Å². The quantitative estimate of drug-likeness (QED) is 0.873. The molecule has 0 aliphatic carbocycles. The maximum absolute atomic E-state index is 12.3. The summed E-state index contributed by atoms with van der Waals surface area (Å²) in [6.07, 6.45) is 0.846. The fraction of sp³-hybridized carbons (Fsp3) is 0.533. The highest BCUT2D eigenvalue weighted by Crippen LogP contribution is 2.17. The summed E-state index contributed by atoms with van der Waals surface area (Å²) in [6, 6.07) is 8.10. The molecular weight excluding hydrogens is 304 g/mol. The molecular formula is C15H23BrN2O. The fourth-order valence-electron chi connectivity index (χ4n) is 2.04. The first-order valence-electron chi connectivity index (χ1n) is 6.65. The van der Waals surface area contributed by atoms with Crippen molar-refractivity contribution >= 4 is 21.8 Å². The molecule has 0 aliphatic heterocycles. The number of likely N-dealkylation sites (N-methyl/N-ethyl adjacent to an activating group) is 1. The first-order chi connectivity index (χ1) is 8.97. The topological polar surface area (TPSA) is 46.3 Å². The van der Waals surface area contributed by atoms with Crippen LogP contribution < -0.4 is 5.73 Å². The first kappa shape index (κ1) is 16.2. The van der Waals surface area contributed by atoms with Crippen LogP contribution in [0.15, 0.2) is 28.7 Å². The summed E-state index contributed by atoms with van der Waals surface area (Å²) in [5, 5.41) is 0. The summed E-state index contributed by atoms with van der Waals surface area (Å²) in [4.78, 5) is 14.0. The van der Waals surface area contributed by atoms with Crippen molar-refractivity contribution in [2.24, 2.45) is 17.6 Å². The van der Waals surface area contributed by atoms with Crippen molar-refractivity contribution in [3.63, 3.8) is 0 Å². The third-order valence-corrected chi connectivity index (χ3v) is 4.20. The molecule has 0 fully saturated rings. The minimum Gasteiger partial charge on any atom is -0.345 e. The summed E-state index contributed by atoms with van der Waals surface area (Å²) in [5.74, 6) is 0.345. The highest BCUT2D eigenvalue weighted by Gasteiger charge is 2.23. The van der Waals surface area contributed by atoms with Crippen LogP contribution in [0.25, 0.3) is 0 Å². The molecule has 0 aromatic heterocycles. The molecule has 0 bridgehead atoms. The van der Waals surface area contributed by atoms with Gasteiger partial charge in [0.25, 0.3) is 0 Å². The van der Waals surface area contributed by atoms with Gasteiger partial charge in [-0.05, 0) is 24.0 Å². The minimum absolute atomic E-state index is 0.0794. The molecule has 0 spiro atoms. The number of carbonyl (C=O) groups excluding carboxylic acids is 1. The number of benzene rings is 1. The number of hydrogen-bond donors (Lipinski definition) is 1. The standard InChI is InChI=1S/C15H23BrN2O/c1-11(2)13(10-17)15(19)18(3)9-8-12-6-4-5-7-14(12)16/h4-7,11,13H,8-10,17H2,1-3H3. The molecule has 0 saturated heterocycles. The Morgan fingerprint density at radius 1 is 1.37 bits per heavy atom. The minimum atomic E-state index is -0.0794. The van der Waals surface area contributed by atoms with Crippen LogP contribution in [0.3, 0.4) is 0 Å². The SMILES string of the molecule is CC(C)C(CN)C(=O)N(C)CCc1ccccc1Br. The molecule has 1 aromatic rings. The van der Waals surface area contributed by atoms with Crippen LogP contribution in [0.5, 0.6) is 0 Å². The molecule has 1 rings (SSSR count). The van der Waals surface area contributed by atoms with E-state index in [4.69, 9.17) is 5.73 Å². The summed E-state index contributed by atoms with van der Waals surface area (Å²) in [7, 11) is 1.85. The molecule has 1 unspecified atom stereocenters. The zero-order valence-corrected chi connectivity index (χ0v) is 13.5. The van der Waals surface area contributed by atoms with Crippen molar-refractivity contribution in [3.05, 3.63) is 34.3 Å². The van der Waals surface area contributed by atoms with Gasteiger partial charge in [0.1, 0.15) is 0 Å². The van der Waals surface area contributed by atoms with Crippen molar-refractivity contribution in [2.45, 2.75) is 20.3 Å². The Hall–Kier alpha value is -0.870. The summed E-state index contributed by atoms with van der Waals surface area (Å²) in [5.41, 5.74) is 6.91. The molecule has 0 aliphatic rings. The van der Waals surface area contributed by atoms with Gasteiger partial charge in [-0.3, -0.25) is 4.79 Å². The van der Waals surface area contributed by atoms with Crippen molar-refractivity contribution in [3.8, 4) is 0 Å². The molecule has 106 valence electrons.